The molecule has 0 radical (unpaired) electrons. The minimum atomic E-state index is -1.01. The van der Waals surface area contributed by atoms with Gasteiger partial charge in [0.2, 0.25) is 0 Å². The second-order valence-electron chi connectivity index (χ2n) is 5.17. The first-order valence-corrected chi connectivity index (χ1v) is 8.15. The first-order chi connectivity index (χ1) is 10.7. The Morgan fingerprint density at radius 3 is 2.18 bits per heavy atom. The molecule has 0 fully saturated rings. The molecule has 0 aliphatic heterocycles. The SMILES string of the molecule is CCCCC#C/C=C\C#CCCCCCCC(O)C(=O)CO. The van der Waals surface area contributed by atoms with Crippen LogP contribution in [0.4, 0.5) is 0 Å². The van der Waals surface area contributed by atoms with Crippen LogP contribution >= 0.6 is 0 Å². The van der Waals surface area contributed by atoms with Gasteiger partial charge in [-0.25, -0.2) is 0 Å². The summed E-state index contributed by atoms with van der Waals surface area (Å²) in [5, 5.41) is 17.9. The van der Waals surface area contributed by atoms with E-state index >= 15 is 0 Å². The summed E-state index contributed by atoms with van der Waals surface area (Å²) in [4.78, 5) is 10.9. The Labute approximate surface area is 134 Å². The van der Waals surface area contributed by atoms with Crippen LogP contribution < -0.4 is 0 Å². The summed E-state index contributed by atoms with van der Waals surface area (Å²) < 4.78 is 0. The highest BCUT2D eigenvalue weighted by Crippen LogP contribution is 2.07. The summed E-state index contributed by atoms with van der Waals surface area (Å²) >= 11 is 0. The number of allylic oxidation sites excluding steroid dienone is 2. The first kappa shape index (κ1) is 20.5. The Hall–Kier alpha value is -1.55. The van der Waals surface area contributed by atoms with Gasteiger partial charge in [-0.2, -0.15) is 0 Å². The number of carbonyl (C=O) groups excluding carboxylic acids is 1. The number of Topliss-reactive ketones (excluding diaryl/α,β-unsaturated/α-hetero) is 1. The number of ketones is 1. The molecule has 0 saturated carbocycles. The maximum Gasteiger partial charge on any atom is 0.186 e. The quantitative estimate of drug-likeness (QED) is 0.482. The Balaban J connectivity index is 3.50. The highest BCUT2D eigenvalue weighted by atomic mass is 16.3. The summed E-state index contributed by atoms with van der Waals surface area (Å²) in [6.45, 7) is 1.58. The molecular formula is C19H28O3. The van der Waals surface area contributed by atoms with Gasteiger partial charge in [0, 0.05) is 12.8 Å². The predicted octanol–water partition coefficient (Wildman–Crippen LogP) is 3.00. The van der Waals surface area contributed by atoms with Crippen molar-refractivity contribution in [2.75, 3.05) is 6.61 Å². The largest absolute Gasteiger partial charge is 0.388 e. The van der Waals surface area contributed by atoms with Crippen LogP contribution in [0.5, 0.6) is 0 Å². The number of aliphatic hydroxyl groups excluding tert-OH is 2. The number of aliphatic hydroxyl groups is 2. The molecule has 3 heteroatoms. The highest BCUT2D eigenvalue weighted by Gasteiger charge is 2.12. The normalized spacial score (nSPS) is 11.4. The lowest BCUT2D eigenvalue weighted by molar-refractivity contribution is -0.130. The fourth-order valence-electron chi connectivity index (χ4n) is 1.78. The number of rotatable bonds is 10. The summed E-state index contributed by atoms with van der Waals surface area (Å²) in [6, 6.07) is 0. The summed E-state index contributed by atoms with van der Waals surface area (Å²) in [5.41, 5.74) is 0. The van der Waals surface area contributed by atoms with Gasteiger partial charge in [-0.05, 0) is 31.4 Å². The first-order valence-electron chi connectivity index (χ1n) is 8.15. The maximum absolute atomic E-state index is 10.9. The van der Waals surface area contributed by atoms with Crippen molar-refractivity contribution in [2.45, 2.75) is 70.8 Å². The average molecular weight is 304 g/mol. The second kappa shape index (κ2) is 15.8. The lowest BCUT2D eigenvalue weighted by Crippen LogP contribution is -2.23. The smallest absolute Gasteiger partial charge is 0.186 e. The molecule has 1 unspecified atom stereocenters. The molecular weight excluding hydrogens is 276 g/mol. The number of unbranched alkanes of at least 4 members (excludes halogenated alkanes) is 6. The lowest BCUT2D eigenvalue weighted by atomic mass is 10.1. The summed E-state index contributed by atoms with van der Waals surface area (Å²) in [7, 11) is 0. The standard InChI is InChI=1S/C19H28O3/c1-2-3-4-5-6-7-8-9-10-11-12-13-14-15-16-18(21)19(22)17-20/h7-8,18,20-21H,2-4,11-17H2,1H3/b8-7-. The van der Waals surface area contributed by atoms with Gasteiger partial charge in [0.15, 0.2) is 5.78 Å². The van der Waals surface area contributed by atoms with Crippen LogP contribution in [0, 0.1) is 23.7 Å². The molecule has 0 saturated heterocycles. The monoisotopic (exact) mass is 304 g/mol. The molecule has 0 rings (SSSR count). The van der Waals surface area contributed by atoms with E-state index in [9.17, 15) is 9.90 Å². The van der Waals surface area contributed by atoms with Crippen molar-refractivity contribution in [3.05, 3.63) is 12.2 Å². The molecule has 0 heterocycles. The van der Waals surface area contributed by atoms with Crippen LogP contribution in [-0.4, -0.2) is 28.7 Å². The van der Waals surface area contributed by atoms with E-state index in [4.69, 9.17) is 5.11 Å². The molecule has 0 spiro atoms. The third kappa shape index (κ3) is 13.4. The van der Waals surface area contributed by atoms with Crippen molar-refractivity contribution in [1.29, 1.82) is 0 Å². The molecule has 0 aromatic rings. The van der Waals surface area contributed by atoms with E-state index in [-0.39, 0.29) is 0 Å². The number of hydrogen-bond donors (Lipinski definition) is 2. The number of carbonyl (C=O) groups is 1. The van der Waals surface area contributed by atoms with E-state index < -0.39 is 18.5 Å². The van der Waals surface area contributed by atoms with Crippen LogP contribution in [-0.2, 0) is 4.79 Å². The molecule has 2 N–H and O–H groups in total. The minimum absolute atomic E-state index is 0.435. The summed E-state index contributed by atoms with van der Waals surface area (Å²) in [5.74, 6) is 11.6. The zero-order chi connectivity index (χ0) is 16.5. The van der Waals surface area contributed by atoms with Gasteiger partial charge in [0.25, 0.3) is 0 Å². The molecule has 0 aromatic heterocycles. The van der Waals surface area contributed by atoms with Crippen molar-refractivity contribution in [1.82, 2.24) is 0 Å². The second-order valence-corrected chi connectivity index (χ2v) is 5.17. The Bertz CT molecular complexity index is 429. The van der Waals surface area contributed by atoms with Crippen LogP contribution in [0.1, 0.15) is 64.7 Å². The van der Waals surface area contributed by atoms with E-state index in [1.54, 1.807) is 12.2 Å². The van der Waals surface area contributed by atoms with Crippen molar-refractivity contribution < 1.29 is 15.0 Å². The van der Waals surface area contributed by atoms with E-state index in [1.807, 2.05) is 0 Å². The van der Waals surface area contributed by atoms with Gasteiger partial charge in [-0.3, -0.25) is 4.79 Å². The molecule has 0 aliphatic carbocycles. The van der Waals surface area contributed by atoms with Crippen molar-refractivity contribution in [3.8, 4) is 23.7 Å². The predicted molar refractivity (Wildman–Crippen MR) is 90.0 cm³/mol. The van der Waals surface area contributed by atoms with E-state index in [2.05, 4.69) is 30.6 Å². The molecule has 0 aromatic carbocycles. The minimum Gasteiger partial charge on any atom is -0.388 e. The van der Waals surface area contributed by atoms with Crippen molar-refractivity contribution in [2.24, 2.45) is 0 Å². The zero-order valence-corrected chi connectivity index (χ0v) is 13.6. The van der Waals surface area contributed by atoms with Gasteiger partial charge >= 0.3 is 0 Å². The zero-order valence-electron chi connectivity index (χ0n) is 13.6. The Morgan fingerprint density at radius 2 is 1.59 bits per heavy atom. The summed E-state index contributed by atoms with van der Waals surface area (Å²) in [6.07, 6.45) is 11.0. The molecule has 122 valence electrons. The third-order valence-electron chi connectivity index (χ3n) is 3.17. The van der Waals surface area contributed by atoms with Crippen LogP contribution in [0.3, 0.4) is 0 Å². The van der Waals surface area contributed by atoms with Crippen LogP contribution in [0.2, 0.25) is 0 Å². The Morgan fingerprint density at radius 1 is 1.00 bits per heavy atom. The van der Waals surface area contributed by atoms with Crippen molar-refractivity contribution in [3.63, 3.8) is 0 Å². The topological polar surface area (TPSA) is 57.5 Å². The Kier molecular flexibility index (Phi) is 14.7. The maximum atomic E-state index is 10.9. The fraction of sp³-hybridized carbons (Fsp3) is 0.632. The van der Waals surface area contributed by atoms with E-state index in [0.29, 0.717) is 6.42 Å². The molecule has 0 bridgehead atoms. The highest BCUT2D eigenvalue weighted by molar-refractivity contribution is 5.83. The van der Waals surface area contributed by atoms with Crippen molar-refractivity contribution >= 4 is 5.78 Å². The van der Waals surface area contributed by atoms with Gasteiger partial charge in [-0.15, -0.1) is 0 Å². The van der Waals surface area contributed by atoms with Gasteiger partial charge < -0.3 is 10.2 Å². The van der Waals surface area contributed by atoms with Gasteiger partial charge in [0.05, 0.1) is 0 Å². The molecule has 0 amide bonds. The molecule has 22 heavy (non-hydrogen) atoms. The van der Waals surface area contributed by atoms with Gasteiger partial charge in [0.1, 0.15) is 12.7 Å². The number of hydrogen-bond acceptors (Lipinski definition) is 3. The molecule has 3 nitrogen and oxygen atoms in total. The molecule has 1 atom stereocenters. The van der Waals surface area contributed by atoms with E-state index in [1.165, 1.54) is 6.42 Å². The molecule has 0 aliphatic rings. The van der Waals surface area contributed by atoms with Gasteiger partial charge in [-0.1, -0.05) is 56.3 Å². The third-order valence-corrected chi connectivity index (χ3v) is 3.17. The van der Waals surface area contributed by atoms with Crippen LogP contribution in [0.15, 0.2) is 12.2 Å². The van der Waals surface area contributed by atoms with E-state index in [0.717, 1.165) is 44.9 Å². The average Bonchev–Trinajstić information content (AvgIpc) is 2.54. The fourth-order valence-corrected chi connectivity index (χ4v) is 1.78. The lowest BCUT2D eigenvalue weighted by Gasteiger charge is -2.06. The van der Waals surface area contributed by atoms with Crippen LogP contribution in [0.25, 0.3) is 0 Å².